The van der Waals surface area contributed by atoms with Gasteiger partial charge in [0.15, 0.2) is 0 Å². The van der Waals surface area contributed by atoms with E-state index in [1.54, 1.807) is 0 Å². The molecule has 3 rings (SSSR count). The molecule has 0 aromatic carbocycles. The van der Waals surface area contributed by atoms with Crippen LogP contribution in [-0.4, -0.2) is 37.9 Å². The molecule has 0 aliphatic heterocycles. The van der Waals surface area contributed by atoms with Crippen LogP contribution in [0.25, 0.3) is 0 Å². The van der Waals surface area contributed by atoms with E-state index in [0.717, 1.165) is 17.1 Å². The number of aromatic nitrogens is 6. The Bertz CT molecular complexity index is 578. The maximum absolute atomic E-state index is 8.42. The van der Waals surface area contributed by atoms with Crippen molar-refractivity contribution in [3.8, 4) is 0 Å². The van der Waals surface area contributed by atoms with Crippen LogP contribution in [0, 0.1) is 41.5 Å². The average Bonchev–Trinajstić information content (AvgIpc) is 3.19. The van der Waals surface area contributed by atoms with Gasteiger partial charge in [-0.25, -0.2) is 0 Å². The second-order valence-corrected chi connectivity index (χ2v) is 5.25. The van der Waals surface area contributed by atoms with E-state index in [1.807, 2.05) is 60.1 Å². The molecule has 0 aliphatic carbocycles. The fourth-order valence-electron chi connectivity index (χ4n) is 1.26. The van der Waals surface area contributed by atoms with E-state index in [4.69, 9.17) is 15.1 Å². The van der Waals surface area contributed by atoms with Gasteiger partial charge in [-0.3, -0.25) is 22.6 Å². The number of nitrogens with one attached hydrogen (secondary N) is 3. The number of hydrogen-bond donors (Lipinski definition) is 3. The Morgan fingerprint density at radius 1 is 0.571 bits per heavy atom. The SMILES string of the molecule is Cc1c[nH]nc1C.Cc1c[nH]nc1C.Cc1c[nH]nc1C.[Ag+].[Ag+].[Ag+].[O-]B([O-])[O-]. The van der Waals surface area contributed by atoms with Crippen LogP contribution >= 0.6 is 0 Å². The molecular formula is C15H24Ag3BN6O3. The van der Waals surface area contributed by atoms with Gasteiger partial charge in [-0.1, -0.05) is 0 Å². The first-order chi connectivity index (χ1) is 11.6. The summed E-state index contributed by atoms with van der Waals surface area (Å²) in [7, 11) is -2.92. The quantitative estimate of drug-likeness (QED) is 0.264. The molecule has 0 aliphatic rings. The molecule has 0 unspecified atom stereocenters. The summed E-state index contributed by atoms with van der Waals surface area (Å²) in [6.45, 7) is 12.0. The summed E-state index contributed by atoms with van der Waals surface area (Å²) < 4.78 is 0. The standard InChI is InChI=1S/3C5H8N2.3Ag.BO3/c3*1-4-3-6-7-5(4)2;;;;2-1(3)4/h3*3H,1-2H3,(H,6,7);;;;/q;;;3*+1;-3. The van der Waals surface area contributed by atoms with Crippen molar-refractivity contribution < 1.29 is 82.2 Å². The summed E-state index contributed by atoms with van der Waals surface area (Å²) in [5, 5.41) is 45.2. The summed E-state index contributed by atoms with van der Waals surface area (Å²) in [5.41, 5.74) is 6.92. The van der Waals surface area contributed by atoms with E-state index >= 15 is 0 Å². The third kappa shape index (κ3) is 17.9. The Morgan fingerprint density at radius 2 is 0.750 bits per heavy atom. The molecule has 168 valence electrons. The van der Waals surface area contributed by atoms with Gasteiger partial charge in [-0.2, -0.15) is 15.3 Å². The van der Waals surface area contributed by atoms with Gasteiger partial charge in [0, 0.05) is 18.6 Å². The first-order valence-electron chi connectivity index (χ1n) is 7.53. The van der Waals surface area contributed by atoms with Crippen molar-refractivity contribution in [1.82, 2.24) is 30.6 Å². The third-order valence-corrected chi connectivity index (χ3v) is 3.25. The molecule has 28 heavy (non-hydrogen) atoms. The van der Waals surface area contributed by atoms with E-state index in [1.165, 1.54) is 16.7 Å². The van der Waals surface area contributed by atoms with Gasteiger partial charge in [0.05, 0.1) is 17.1 Å². The zero-order chi connectivity index (χ0) is 19.4. The van der Waals surface area contributed by atoms with Crippen molar-refractivity contribution in [1.29, 1.82) is 0 Å². The van der Waals surface area contributed by atoms with Crippen molar-refractivity contribution >= 4 is 7.32 Å². The molecule has 0 radical (unpaired) electrons. The minimum Gasteiger partial charge on any atom is -0.907 e. The molecule has 0 spiro atoms. The fraction of sp³-hybridized carbons (Fsp3) is 0.400. The first-order valence-corrected chi connectivity index (χ1v) is 7.53. The number of aryl methyl sites for hydroxylation is 6. The molecule has 3 aromatic heterocycles. The largest absolute Gasteiger partial charge is 1.00 e. The Hall–Kier alpha value is -0.204. The van der Waals surface area contributed by atoms with Gasteiger partial charge in [0.25, 0.3) is 0 Å². The summed E-state index contributed by atoms with van der Waals surface area (Å²) in [6.07, 6.45) is 5.65. The smallest absolute Gasteiger partial charge is 0.907 e. The maximum Gasteiger partial charge on any atom is 1.00 e. The Morgan fingerprint density at radius 3 is 0.786 bits per heavy atom. The summed E-state index contributed by atoms with van der Waals surface area (Å²) in [4.78, 5) is 0. The Kier molecular flexibility index (Phi) is 25.3. The number of nitrogens with zero attached hydrogens (tertiary/aromatic N) is 3. The van der Waals surface area contributed by atoms with Crippen molar-refractivity contribution in [3.05, 3.63) is 52.4 Å². The molecule has 3 N–H and O–H groups in total. The van der Waals surface area contributed by atoms with Crippen molar-refractivity contribution in [3.63, 3.8) is 0 Å². The summed E-state index contributed by atoms with van der Waals surface area (Å²) in [5.74, 6) is 0. The van der Waals surface area contributed by atoms with E-state index in [9.17, 15) is 0 Å². The maximum atomic E-state index is 8.42. The van der Waals surface area contributed by atoms with E-state index in [2.05, 4.69) is 30.6 Å². The summed E-state index contributed by atoms with van der Waals surface area (Å²) >= 11 is 0. The first kappa shape index (κ1) is 35.2. The van der Waals surface area contributed by atoms with Crippen LogP contribution in [0.1, 0.15) is 33.8 Å². The van der Waals surface area contributed by atoms with Crippen LogP contribution < -0.4 is 15.1 Å². The molecule has 0 saturated heterocycles. The second-order valence-electron chi connectivity index (χ2n) is 5.25. The normalized spacial score (nSPS) is 8.04. The minimum atomic E-state index is -2.92. The van der Waals surface area contributed by atoms with Gasteiger partial charge in [-0.05, 0) is 58.2 Å². The molecule has 0 fully saturated rings. The molecular weight excluding hydrogens is 647 g/mol. The van der Waals surface area contributed by atoms with Gasteiger partial charge in [0.2, 0.25) is 0 Å². The number of rotatable bonds is 0. The van der Waals surface area contributed by atoms with Crippen molar-refractivity contribution in [2.75, 3.05) is 0 Å². The van der Waals surface area contributed by atoms with Gasteiger partial charge in [0.1, 0.15) is 0 Å². The fourth-order valence-corrected chi connectivity index (χ4v) is 1.26. The molecule has 13 heteroatoms. The van der Waals surface area contributed by atoms with Crippen molar-refractivity contribution in [2.45, 2.75) is 41.5 Å². The van der Waals surface area contributed by atoms with Gasteiger partial charge >= 0.3 is 67.1 Å². The summed E-state index contributed by atoms with van der Waals surface area (Å²) in [6, 6.07) is 0. The number of H-pyrrole nitrogens is 3. The Labute approximate surface area is 212 Å². The molecule has 0 saturated carbocycles. The topological polar surface area (TPSA) is 155 Å². The van der Waals surface area contributed by atoms with Crippen LogP contribution in [0.4, 0.5) is 0 Å². The molecule has 0 atom stereocenters. The van der Waals surface area contributed by atoms with Crippen LogP contribution in [0.5, 0.6) is 0 Å². The van der Waals surface area contributed by atoms with E-state index < -0.39 is 7.32 Å². The second kappa shape index (κ2) is 20.1. The average molecular weight is 671 g/mol. The predicted octanol–water partition coefficient (Wildman–Crippen LogP) is -0.876. The monoisotopic (exact) mass is 668 g/mol. The zero-order valence-electron chi connectivity index (χ0n) is 16.3. The molecule has 3 heterocycles. The molecule has 0 bridgehead atoms. The van der Waals surface area contributed by atoms with E-state index in [-0.39, 0.29) is 67.1 Å². The van der Waals surface area contributed by atoms with Crippen LogP contribution in [0.2, 0.25) is 0 Å². The predicted molar refractivity (Wildman–Crippen MR) is 89.9 cm³/mol. The third-order valence-electron chi connectivity index (χ3n) is 3.25. The van der Waals surface area contributed by atoms with Gasteiger partial charge in [-0.15, -0.1) is 0 Å². The van der Waals surface area contributed by atoms with Crippen LogP contribution in [0.3, 0.4) is 0 Å². The van der Waals surface area contributed by atoms with E-state index in [0.29, 0.717) is 0 Å². The number of hydrogen-bond acceptors (Lipinski definition) is 6. The molecule has 3 aromatic rings. The molecule has 0 amide bonds. The molecule has 9 nitrogen and oxygen atoms in total. The Balaban J connectivity index is -0.000000135. The van der Waals surface area contributed by atoms with Crippen LogP contribution in [-0.2, 0) is 67.1 Å². The zero-order valence-corrected chi connectivity index (χ0v) is 20.7. The van der Waals surface area contributed by atoms with Gasteiger partial charge < -0.3 is 15.1 Å². The number of aromatic amines is 3. The van der Waals surface area contributed by atoms with Crippen LogP contribution in [0.15, 0.2) is 18.6 Å². The minimum absolute atomic E-state index is 0. The van der Waals surface area contributed by atoms with Crippen molar-refractivity contribution in [2.24, 2.45) is 0 Å².